The Morgan fingerprint density at radius 1 is 1.17 bits per heavy atom. The van der Waals surface area contributed by atoms with Gasteiger partial charge in [0.1, 0.15) is 6.04 Å². The first-order chi connectivity index (χ1) is 14.4. The highest BCUT2D eigenvalue weighted by Gasteiger charge is 2.25. The SMILES string of the molecule is CCCCNC(=O)[C@H](C)N(Cc1cccc(Br)c1)C(=O)CSCc1ccccc1C. The van der Waals surface area contributed by atoms with Gasteiger partial charge in [0.15, 0.2) is 0 Å². The van der Waals surface area contributed by atoms with Gasteiger partial charge in [0.25, 0.3) is 0 Å². The van der Waals surface area contributed by atoms with Gasteiger partial charge in [0, 0.05) is 23.3 Å². The third-order valence-corrected chi connectivity index (χ3v) is 6.44. The Bertz CT molecular complexity index is 843. The summed E-state index contributed by atoms with van der Waals surface area (Å²) >= 11 is 5.07. The van der Waals surface area contributed by atoms with E-state index in [9.17, 15) is 9.59 Å². The summed E-state index contributed by atoms with van der Waals surface area (Å²) in [5.41, 5.74) is 3.46. The van der Waals surface area contributed by atoms with E-state index in [1.54, 1.807) is 16.7 Å². The molecule has 2 rings (SSSR count). The van der Waals surface area contributed by atoms with Crippen molar-refractivity contribution in [2.75, 3.05) is 12.3 Å². The number of benzene rings is 2. The number of hydrogen-bond acceptors (Lipinski definition) is 3. The van der Waals surface area contributed by atoms with Gasteiger partial charge in [-0.25, -0.2) is 0 Å². The van der Waals surface area contributed by atoms with E-state index in [0.29, 0.717) is 18.8 Å². The summed E-state index contributed by atoms with van der Waals surface area (Å²) in [7, 11) is 0. The summed E-state index contributed by atoms with van der Waals surface area (Å²) in [6.07, 6.45) is 1.95. The predicted molar refractivity (Wildman–Crippen MR) is 129 cm³/mol. The summed E-state index contributed by atoms with van der Waals surface area (Å²) in [5, 5.41) is 2.96. The summed E-state index contributed by atoms with van der Waals surface area (Å²) in [6.45, 7) is 7.03. The molecular weight excluding hydrogens is 460 g/mol. The molecule has 4 nitrogen and oxygen atoms in total. The molecule has 2 aromatic rings. The van der Waals surface area contributed by atoms with Gasteiger partial charge in [-0.15, -0.1) is 11.8 Å². The second-order valence-electron chi connectivity index (χ2n) is 7.39. The third kappa shape index (κ3) is 7.80. The Morgan fingerprint density at radius 2 is 1.93 bits per heavy atom. The minimum absolute atomic E-state index is 0.0216. The molecule has 0 fully saturated rings. The molecule has 1 atom stereocenters. The predicted octanol–water partition coefficient (Wildman–Crippen LogP) is 5.32. The number of carbonyl (C=O) groups is 2. The van der Waals surface area contributed by atoms with Gasteiger partial charge in [0.2, 0.25) is 11.8 Å². The fraction of sp³-hybridized carbons (Fsp3) is 0.417. The van der Waals surface area contributed by atoms with Gasteiger partial charge in [-0.1, -0.05) is 65.7 Å². The number of rotatable bonds is 11. The number of aryl methyl sites for hydroxylation is 1. The van der Waals surface area contributed by atoms with E-state index >= 15 is 0 Å². The van der Waals surface area contributed by atoms with E-state index in [-0.39, 0.29) is 11.8 Å². The van der Waals surface area contributed by atoms with Crippen molar-refractivity contribution < 1.29 is 9.59 Å². The topological polar surface area (TPSA) is 49.4 Å². The molecule has 0 saturated heterocycles. The van der Waals surface area contributed by atoms with E-state index in [2.05, 4.69) is 47.2 Å². The Labute approximate surface area is 192 Å². The second kappa shape index (κ2) is 12.8. The van der Waals surface area contributed by atoms with Gasteiger partial charge in [-0.05, 0) is 49.1 Å². The van der Waals surface area contributed by atoms with Gasteiger partial charge < -0.3 is 10.2 Å². The summed E-state index contributed by atoms with van der Waals surface area (Å²) in [5.74, 6) is 0.997. The number of carbonyl (C=O) groups excluding carboxylic acids is 2. The van der Waals surface area contributed by atoms with Crippen LogP contribution in [0.3, 0.4) is 0 Å². The first kappa shape index (κ1) is 24.5. The number of amides is 2. The third-order valence-electron chi connectivity index (χ3n) is 4.98. The summed E-state index contributed by atoms with van der Waals surface area (Å²) in [4.78, 5) is 27.4. The van der Waals surface area contributed by atoms with E-state index < -0.39 is 6.04 Å². The number of nitrogens with zero attached hydrogens (tertiary/aromatic N) is 1. The lowest BCUT2D eigenvalue weighted by Crippen LogP contribution is -2.48. The minimum atomic E-state index is -0.521. The van der Waals surface area contributed by atoms with Crippen LogP contribution >= 0.6 is 27.7 Å². The zero-order chi connectivity index (χ0) is 21.9. The van der Waals surface area contributed by atoms with Crippen LogP contribution in [0.1, 0.15) is 43.4 Å². The lowest BCUT2D eigenvalue weighted by Gasteiger charge is -2.29. The monoisotopic (exact) mass is 490 g/mol. The van der Waals surface area contributed by atoms with Gasteiger partial charge in [0.05, 0.1) is 5.75 Å². The van der Waals surface area contributed by atoms with E-state index in [1.807, 2.05) is 43.3 Å². The first-order valence-electron chi connectivity index (χ1n) is 10.4. The van der Waals surface area contributed by atoms with Crippen molar-refractivity contribution in [1.82, 2.24) is 10.2 Å². The van der Waals surface area contributed by atoms with Crippen LogP contribution in [0.4, 0.5) is 0 Å². The maximum absolute atomic E-state index is 13.1. The number of nitrogens with one attached hydrogen (secondary N) is 1. The van der Waals surface area contributed by atoms with Crippen LogP contribution in [0.25, 0.3) is 0 Å². The highest BCUT2D eigenvalue weighted by molar-refractivity contribution is 9.10. The Balaban J connectivity index is 2.05. The zero-order valence-electron chi connectivity index (χ0n) is 18.0. The van der Waals surface area contributed by atoms with Crippen LogP contribution in [0.15, 0.2) is 53.0 Å². The van der Waals surface area contributed by atoms with Gasteiger partial charge in [-0.3, -0.25) is 9.59 Å². The van der Waals surface area contributed by atoms with E-state index in [0.717, 1.165) is 28.6 Å². The first-order valence-corrected chi connectivity index (χ1v) is 12.3. The molecule has 0 spiro atoms. The molecule has 0 radical (unpaired) electrons. The molecule has 0 saturated carbocycles. The molecule has 2 aromatic carbocycles. The number of hydrogen-bond donors (Lipinski definition) is 1. The van der Waals surface area contributed by atoms with E-state index in [1.165, 1.54) is 11.1 Å². The summed E-state index contributed by atoms with van der Waals surface area (Å²) in [6, 6.07) is 15.6. The number of halogens is 1. The maximum atomic E-state index is 13.1. The fourth-order valence-corrected chi connectivity index (χ4v) is 4.49. The van der Waals surface area contributed by atoms with Crippen molar-refractivity contribution in [2.24, 2.45) is 0 Å². The van der Waals surface area contributed by atoms with Crippen LogP contribution in [-0.4, -0.2) is 35.1 Å². The normalized spacial score (nSPS) is 11.7. The van der Waals surface area contributed by atoms with Crippen molar-refractivity contribution in [2.45, 2.75) is 52.0 Å². The lowest BCUT2D eigenvalue weighted by atomic mass is 10.1. The molecule has 0 heterocycles. The Morgan fingerprint density at radius 3 is 2.63 bits per heavy atom. The van der Waals surface area contributed by atoms with Crippen LogP contribution in [0, 0.1) is 6.92 Å². The van der Waals surface area contributed by atoms with Crippen LogP contribution < -0.4 is 5.32 Å². The fourth-order valence-electron chi connectivity index (χ4n) is 3.05. The van der Waals surface area contributed by atoms with Crippen molar-refractivity contribution in [3.05, 3.63) is 69.7 Å². The van der Waals surface area contributed by atoms with Gasteiger partial charge >= 0.3 is 0 Å². The molecule has 0 aliphatic heterocycles. The van der Waals surface area contributed by atoms with Crippen LogP contribution in [-0.2, 0) is 21.9 Å². The summed E-state index contributed by atoms with van der Waals surface area (Å²) < 4.78 is 0.960. The second-order valence-corrected chi connectivity index (χ2v) is 9.29. The van der Waals surface area contributed by atoms with Crippen molar-refractivity contribution >= 4 is 39.5 Å². The molecule has 0 aliphatic carbocycles. The molecule has 2 amide bonds. The molecule has 0 aromatic heterocycles. The molecule has 162 valence electrons. The molecular formula is C24H31BrN2O2S. The molecule has 6 heteroatoms. The smallest absolute Gasteiger partial charge is 0.242 e. The zero-order valence-corrected chi connectivity index (χ0v) is 20.4. The van der Waals surface area contributed by atoms with Crippen LogP contribution in [0.5, 0.6) is 0 Å². The Hall–Kier alpha value is -1.79. The lowest BCUT2D eigenvalue weighted by molar-refractivity contribution is -0.138. The molecule has 0 unspecified atom stereocenters. The van der Waals surface area contributed by atoms with Crippen LogP contribution in [0.2, 0.25) is 0 Å². The molecule has 30 heavy (non-hydrogen) atoms. The minimum Gasteiger partial charge on any atom is -0.354 e. The van der Waals surface area contributed by atoms with Gasteiger partial charge in [-0.2, -0.15) is 0 Å². The Kier molecular flexibility index (Phi) is 10.4. The maximum Gasteiger partial charge on any atom is 0.242 e. The molecule has 0 aliphatic rings. The molecule has 0 bridgehead atoms. The average molecular weight is 491 g/mol. The molecule has 1 N–H and O–H groups in total. The standard InChI is InChI=1S/C24H31BrN2O2S/c1-4-5-13-26-24(29)19(3)27(15-20-10-8-12-22(25)14-20)23(28)17-30-16-21-11-7-6-9-18(21)2/h6-12,14,19H,4-5,13,15-17H2,1-3H3,(H,26,29)/t19-/m0/s1. The van der Waals surface area contributed by atoms with Crippen molar-refractivity contribution in [3.63, 3.8) is 0 Å². The highest BCUT2D eigenvalue weighted by Crippen LogP contribution is 2.19. The number of unbranched alkanes of at least 4 members (excludes halogenated alkanes) is 1. The van der Waals surface area contributed by atoms with Crippen molar-refractivity contribution in [1.29, 1.82) is 0 Å². The van der Waals surface area contributed by atoms with Crippen molar-refractivity contribution in [3.8, 4) is 0 Å². The quantitative estimate of drug-likeness (QED) is 0.433. The average Bonchev–Trinajstić information content (AvgIpc) is 2.73. The highest BCUT2D eigenvalue weighted by atomic mass is 79.9. The van der Waals surface area contributed by atoms with E-state index in [4.69, 9.17) is 0 Å². The largest absolute Gasteiger partial charge is 0.354 e. The number of thioether (sulfide) groups is 1.